The molecule has 1 rings (SSSR count). The molecule has 0 saturated carbocycles. The molecule has 1 amide bonds. The largest absolute Gasteiger partial charge is 0.395 e. The maximum absolute atomic E-state index is 11.6. The van der Waals surface area contributed by atoms with Gasteiger partial charge in [0.25, 0.3) is 5.91 Å². The molecule has 0 spiro atoms. The normalized spacial score (nSPS) is 10.0. The van der Waals surface area contributed by atoms with Gasteiger partial charge in [0.05, 0.1) is 6.61 Å². The Kier molecular flexibility index (Phi) is 3.45. The number of hydrogen-bond acceptors (Lipinski definition) is 3. The van der Waals surface area contributed by atoms with Gasteiger partial charge in [-0.15, -0.1) is 0 Å². The molecule has 0 atom stereocenters. The summed E-state index contributed by atoms with van der Waals surface area (Å²) < 4.78 is 0. The molecule has 1 aromatic heterocycles. The van der Waals surface area contributed by atoms with Crippen LogP contribution in [0.1, 0.15) is 17.4 Å². The van der Waals surface area contributed by atoms with Crippen LogP contribution in [0.3, 0.4) is 0 Å². The monoisotopic (exact) mass is 183 g/mol. The van der Waals surface area contributed by atoms with Crippen molar-refractivity contribution in [3.63, 3.8) is 0 Å². The Balaban J connectivity index is 2.65. The first-order chi connectivity index (χ1) is 6.29. The number of aliphatic hydroxyl groups excluding tert-OH is 1. The number of nitrogens with one attached hydrogen (secondary N) is 1. The number of rotatable bonds is 4. The quantitative estimate of drug-likeness (QED) is 0.682. The van der Waals surface area contributed by atoms with Crippen molar-refractivity contribution in [2.45, 2.75) is 6.92 Å². The second kappa shape index (κ2) is 4.61. The number of nitrogens with zero attached hydrogens (tertiary/aromatic N) is 2. The van der Waals surface area contributed by atoms with E-state index in [-0.39, 0.29) is 12.5 Å². The summed E-state index contributed by atoms with van der Waals surface area (Å²) in [4.78, 5) is 13.1. The van der Waals surface area contributed by atoms with E-state index in [4.69, 9.17) is 5.11 Å². The lowest BCUT2D eigenvalue weighted by molar-refractivity contribution is 0.0726. The molecule has 0 radical (unpaired) electrons. The molecule has 13 heavy (non-hydrogen) atoms. The van der Waals surface area contributed by atoms with Crippen LogP contribution >= 0.6 is 0 Å². The Labute approximate surface area is 76.4 Å². The zero-order valence-corrected chi connectivity index (χ0v) is 7.53. The first-order valence-electron chi connectivity index (χ1n) is 4.19. The Morgan fingerprint density at radius 3 is 3.00 bits per heavy atom. The molecule has 0 fully saturated rings. The van der Waals surface area contributed by atoms with Gasteiger partial charge in [0.1, 0.15) is 5.69 Å². The number of aliphatic hydroxyl groups is 1. The summed E-state index contributed by atoms with van der Waals surface area (Å²) in [5, 5.41) is 15.0. The number of H-pyrrole nitrogens is 1. The highest BCUT2D eigenvalue weighted by atomic mass is 16.3. The van der Waals surface area contributed by atoms with Crippen molar-refractivity contribution in [3.05, 3.63) is 18.0 Å². The predicted octanol–water partition coefficient (Wildman–Crippen LogP) is -0.136. The van der Waals surface area contributed by atoms with Gasteiger partial charge in [0.15, 0.2) is 0 Å². The Bertz CT molecular complexity index is 258. The molecular weight excluding hydrogens is 170 g/mol. The second-order valence-corrected chi connectivity index (χ2v) is 2.58. The SMILES string of the molecule is CCN(CCO)C(=O)c1ccn[nH]1. The fourth-order valence-corrected chi connectivity index (χ4v) is 1.07. The Hall–Kier alpha value is -1.36. The molecule has 0 unspecified atom stereocenters. The van der Waals surface area contributed by atoms with Gasteiger partial charge < -0.3 is 10.0 Å². The number of hydrogen-bond donors (Lipinski definition) is 2. The lowest BCUT2D eigenvalue weighted by atomic mass is 10.3. The maximum Gasteiger partial charge on any atom is 0.271 e. The van der Waals surface area contributed by atoms with Crippen molar-refractivity contribution >= 4 is 5.91 Å². The third-order valence-electron chi connectivity index (χ3n) is 1.77. The maximum atomic E-state index is 11.6. The van der Waals surface area contributed by atoms with Crippen LogP contribution in [0.5, 0.6) is 0 Å². The van der Waals surface area contributed by atoms with E-state index in [0.29, 0.717) is 18.8 Å². The average molecular weight is 183 g/mol. The van der Waals surface area contributed by atoms with E-state index >= 15 is 0 Å². The first kappa shape index (κ1) is 9.73. The van der Waals surface area contributed by atoms with Gasteiger partial charge in [-0.1, -0.05) is 0 Å². The van der Waals surface area contributed by atoms with E-state index in [2.05, 4.69) is 10.2 Å². The van der Waals surface area contributed by atoms with Crippen molar-refractivity contribution in [1.82, 2.24) is 15.1 Å². The number of likely N-dealkylation sites (N-methyl/N-ethyl adjacent to an activating group) is 1. The fourth-order valence-electron chi connectivity index (χ4n) is 1.07. The number of carbonyl (C=O) groups excluding carboxylic acids is 1. The lowest BCUT2D eigenvalue weighted by Gasteiger charge is -2.18. The Morgan fingerprint density at radius 1 is 1.77 bits per heavy atom. The highest BCUT2D eigenvalue weighted by Crippen LogP contribution is 1.99. The third kappa shape index (κ3) is 2.29. The van der Waals surface area contributed by atoms with Crippen LogP contribution in [0.25, 0.3) is 0 Å². The van der Waals surface area contributed by atoms with E-state index in [0.717, 1.165) is 0 Å². The Morgan fingerprint density at radius 2 is 2.54 bits per heavy atom. The van der Waals surface area contributed by atoms with Gasteiger partial charge >= 0.3 is 0 Å². The van der Waals surface area contributed by atoms with E-state index in [1.165, 1.54) is 6.20 Å². The van der Waals surface area contributed by atoms with E-state index in [9.17, 15) is 4.79 Å². The lowest BCUT2D eigenvalue weighted by Crippen LogP contribution is -2.33. The van der Waals surface area contributed by atoms with Crippen LogP contribution in [-0.2, 0) is 0 Å². The van der Waals surface area contributed by atoms with Gasteiger partial charge in [-0.2, -0.15) is 5.10 Å². The summed E-state index contributed by atoms with van der Waals surface area (Å²) >= 11 is 0. The molecule has 5 nitrogen and oxygen atoms in total. The van der Waals surface area contributed by atoms with E-state index in [1.807, 2.05) is 6.92 Å². The fraction of sp³-hybridized carbons (Fsp3) is 0.500. The summed E-state index contributed by atoms with van der Waals surface area (Å²) in [5.74, 6) is -0.131. The number of amides is 1. The zero-order chi connectivity index (χ0) is 9.68. The smallest absolute Gasteiger partial charge is 0.271 e. The highest BCUT2D eigenvalue weighted by molar-refractivity contribution is 5.92. The summed E-state index contributed by atoms with van der Waals surface area (Å²) in [5.41, 5.74) is 0.454. The predicted molar refractivity (Wildman–Crippen MR) is 47.3 cm³/mol. The zero-order valence-electron chi connectivity index (χ0n) is 7.53. The van der Waals surface area contributed by atoms with Crippen molar-refractivity contribution in [2.75, 3.05) is 19.7 Å². The third-order valence-corrected chi connectivity index (χ3v) is 1.77. The summed E-state index contributed by atoms with van der Waals surface area (Å²) in [7, 11) is 0. The number of carbonyl (C=O) groups is 1. The van der Waals surface area contributed by atoms with Crippen molar-refractivity contribution in [1.29, 1.82) is 0 Å². The minimum Gasteiger partial charge on any atom is -0.395 e. The van der Waals surface area contributed by atoms with Gasteiger partial charge in [-0.3, -0.25) is 9.89 Å². The molecule has 0 aromatic carbocycles. The van der Waals surface area contributed by atoms with Crippen molar-refractivity contribution in [2.24, 2.45) is 0 Å². The van der Waals surface area contributed by atoms with Crippen LogP contribution in [0.4, 0.5) is 0 Å². The standard InChI is InChI=1S/C8H13N3O2/c1-2-11(5-6-12)8(13)7-3-4-9-10-7/h3-4,12H,2,5-6H2,1H3,(H,9,10). The molecule has 0 saturated heterocycles. The van der Waals surface area contributed by atoms with Crippen LogP contribution in [-0.4, -0.2) is 45.8 Å². The van der Waals surface area contributed by atoms with Crippen LogP contribution < -0.4 is 0 Å². The van der Waals surface area contributed by atoms with Gasteiger partial charge in [-0.05, 0) is 13.0 Å². The number of aromatic amines is 1. The highest BCUT2D eigenvalue weighted by Gasteiger charge is 2.13. The van der Waals surface area contributed by atoms with Crippen LogP contribution in [0.15, 0.2) is 12.3 Å². The van der Waals surface area contributed by atoms with Gasteiger partial charge in [-0.25, -0.2) is 0 Å². The molecule has 2 N–H and O–H groups in total. The van der Waals surface area contributed by atoms with E-state index < -0.39 is 0 Å². The molecule has 72 valence electrons. The minimum absolute atomic E-state index is 0.0201. The van der Waals surface area contributed by atoms with Gasteiger partial charge in [0.2, 0.25) is 0 Å². The molecule has 0 aliphatic carbocycles. The van der Waals surface area contributed by atoms with Crippen LogP contribution in [0, 0.1) is 0 Å². The molecule has 5 heteroatoms. The average Bonchev–Trinajstić information content (AvgIpc) is 2.65. The molecule has 1 heterocycles. The summed E-state index contributed by atoms with van der Waals surface area (Å²) in [6.07, 6.45) is 1.53. The first-order valence-corrected chi connectivity index (χ1v) is 4.19. The molecular formula is C8H13N3O2. The number of aromatic nitrogens is 2. The van der Waals surface area contributed by atoms with Crippen molar-refractivity contribution in [3.8, 4) is 0 Å². The van der Waals surface area contributed by atoms with Crippen LogP contribution in [0.2, 0.25) is 0 Å². The molecule has 0 bridgehead atoms. The van der Waals surface area contributed by atoms with Crippen molar-refractivity contribution < 1.29 is 9.90 Å². The molecule has 0 aliphatic rings. The second-order valence-electron chi connectivity index (χ2n) is 2.58. The summed E-state index contributed by atoms with van der Waals surface area (Å²) in [6.45, 7) is 2.78. The summed E-state index contributed by atoms with van der Waals surface area (Å²) in [6, 6.07) is 1.61. The topological polar surface area (TPSA) is 69.2 Å². The minimum atomic E-state index is -0.131. The molecule has 0 aliphatic heterocycles. The van der Waals surface area contributed by atoms with E-state index in [1.54, 1.807) is 11.0 Å². The van der Waals surface area contributed by atoms with Gasteiger partial charge in [0, 0.05) is 19.3 Å². The molecule has 1 aromatic rings.